The van der Waals surface area contributed by atoms with E-state index < -0.39 is 0 Å². The molecule has 2 unspecified atom stereocenters. The summed E-state index contributed by atoms with van der Waals surface area (Å²) in [6, 6.07) is 2.62. The Labute approximate surface area is 95.1 Å². The summed E-state index contributed by atoms with van der Waals surface area (Å²) in [6.45, 7) is 2.04. The third-order valence-electron chi connectivity index (χ3n) is 2.88. The molecule has 82 valence electrons. The Morgan fingerprint density at radius 3 is 3.07 bits per heavy atom. The number of thioether (sulfide) groups is 1. The topological polar surface area (TPSA) is 37.8 Å². The number of nitrogens with one attached hydrogen (secondary N) is 1. The van der Waals surface area contributed by atoms with Gasteiger partial charge in [0.25, 0.3) is 0 Å². The van der Waals surface area contributed by atoms with Crippen molar-refractivity contribution in [1.82, 2.24) is 10.2 Å². The molecule has 1 aromatic rings. The summed E-state index contributed by atoms with van der Waals surface area (Å²) in [6.07, 6.45) is 7.86. The highest BCUT2D eigenvalue weighted by Crippen LogP contribution is 2.30. The van der Waals surface area contributed by atoms with Crippen molar-refractivity contribution in [2.75, 3.05) is 11.6 Å². The SMILES string of the molecule is CSC1CCCC1Nc1cc(C)cnn1. The van der Waals surface area contributed by atoms with E-state index in [9.17, 15) is 0 Å². The number of anilines is 1. The predicted molar refractivity (Wildman–Crippen MR) is 65.3 cm³/mol. The van der Waals surface area contributed by atoms with Crippen LogP contribution in [0.25, 0.3) is 0 Å². The molecule has 0 amide bonds. The maximum absolute atomic E-state index is 4.10. The van der Waals surface area contributed by atoms with Crippen LogP contribution in [-0.2, 0) is 0 Å². The molecule has 1 aromatic heterocycles. The highest BCUT2D eigenvalue weighted by atomic mass is 32.2. The fourth-order valence-electron chi connectivity index (χ4n) is 2.10. The van der Waals surface area contributed by atoms with Gasteiger partial charge in [-0.3, -0.25) is 0 Å². The standard InChI is InChI=1S/C11H17N3S/c1-8-6-11(14-12-7-8)13-9-4-3-5-10(9)15-2/h6-7,9-10H,3-5H2,1-2H3,(H,13,14). The molecule has 1 aliphatic rings. The van der Waals surface area contributed by atoms with E-state index in [-0.39, 0.29) is 0 Å². The smallest absolute Gasteiger partial charge is 0.149 e. The van der Waals surface area contributed by atoms with Crippen molar-refractivity contribution in [3.05, 3.63) is 17.8 Å². The van der Waals surface area contributed by atoms with Crippen molar-refractivity contribution < 1.29 is 0 Å². The Bertz CT molecular complexity index is 329. The molecule has 1 N–H and O–H groups in total. The number of nitrogens with zero attached hydrogens (tertiary/aromatic N) is 2. The van der Waals surface area contributed by atoms with Gasteiger partial charge in [0, 0.05) is 11.3 Å². The van der Waals surface area contributed by atoms with Gasteiger partial charge in [0.05, 0.1) is 6.20 Å². The van der Waals surface area contributed by atoms with Gasteiger partial charge in [-0.05, 0) is 37.7 Å². The number of hydrogen-bond donors (Lipinski definition) is 1. The normalized spacial score (nSPS) is 25.5. The molecule has 2 rings (SSSR count). The zero-order chi connectivity index (χ0) is 10.7. The van der Waals surface area contributed by atoms with Crippen molar-refractivity contribution in [2.45, 2.75) is 37.5 Å². The van der Waals surface area contributed by atoms with Crippen LogP contribution in [0.5, 0.6) is 0 Å². The van der Waals surface area contributed by atoms with Crippen LogP contribution < -0.4 is 5.32 Å². The second-order valence-corrected chi connectivity index (χ2v) is 5.15. The van der Waals surface area contributed by atoms with Crippen LogP contribution >= 0.6 is 11.8 Å². The third-order valence-corrected chi connectivity index (χ3v) is 4.05. The van der Waals surface area contributed by atoms with Crippen LogP contribution in [0.15, 0.2) is 12.3 Å². The highest BCUT2D eigenvalue weighted by Gasteiger charge is 2.26. The van der Waals surface area contributed by atoms with Gasteiger partial charge in [0.1, 0.15) is 5.82 Å². The van der Waals surface area contributed by atoms with Crippen molar-refractivity contribution in [3.8, 4) is 0 Å². The first kappa shape index (κ1) is 10.7. The maximum Gasteiger partial charge on any atom is 0.149 e. The van der Waals surface area contributed by atoms with Crippen molar-refractivity contribution in [3.63, 3.8) is 0 Å². The molecule has 1 fully saturated rings. The number of aromatic nitrogens is 2. The summed E-state index contributed by atoms with van der Waals surface area (Å²) in [5, 5.41) is 12.3. The van der Waals surface area contributed by atoms with E-state index in [0.717, 1.165) is 16.6 Å². The Morgan fingerprint density at radius 2 is 2.33 bits per heavy atom. The molecule has 1 aliphatic carbocycles. The fourth-order valence-corrected chi connectivity index (χ4v) is 3.03. The van der Waals surface area contributed by atoms with Crippen molar-refractivity contribution >= 4 is 17.6 Å². The van der Waals surface area contributed by atoms with E-state index in [1.54, 1.807) is 6.20 Å². The Hall–Kier alpha value is -0.770. The lowest BCUT2D eigenvalue weighted by atomic mass is 10.2. The highest BCUT2D eigenvalue weighted by molar-refractivity contribution is 7.99. The zero-order valence-electron chi connectivity index (χ0n) is 9.23. The molecule has 0 bridgehead atoms. The first-order chi connectivity index (χ1) is 7.29. The fraction of sp³-hybridized carbons (Fsp3) is 0.636. The van der Waals surface area contributed by atoms with E-state index in [2.05, 4.69) is 27.8 Å². The first-order valence-corrected chi connectivity index (χ1v) is 6.67. The Balaban J connectivity index is 2.02. The average molecular weight is 223 g/mol. The van der Waals surface area contributed by atoms with Crippen LogP contribution in [-0.4, -0.2) is 27.7 Å². The zero-order valence-corrected chi connectivity index (χ0v) is 10.0. The summed E-state index contributed by atoms with van der Waals surface area (Å²) >= 11 is 1.95. The van der Waals surface area contributed by atoms with Crippen LogP contribution in [0.2, 0.25) is 0 Å². The van der Waals surface area contributed by atoms with Gasteiger partial charge < -0.3 is 5.32 Å². The molecule has 1 saturated carbocycles. The van der Waals surface area contributed by atoms with Crippen LogP contribution in [0.1, 0.15) is 24.8 Å². The molecular weight excluding hydrogens is 206 g/mol. The van der Waals surface area contributed by atoms with Crippen LogP contribution in [0, 0.1) is 6.92 Å². The predicted octanol–water partition coefficient (Wildman–Crippen LogP) is 2.48. The maximum atomic E-state index is 4.10. The van der Waals surface area contributed by atoms with Gasteiger partial charge in [-0.1, -0.05) is 6.42 Å². The number of hydrogen-bond acceptors (Lipinski definition) is 4. The second kappa shape index (κ2) is 4.84. The molecule has 4 heteroatoms. The van der Waals surface area contributed by atoms with E-state index >= 15 is 0 Å². The molecule has 0 spiro atoms. The van der Waals surface area contributed by atoms with Crippen molar-refractivity contribution in [2.24, 2.45) is 0 Å². The van der Waals surface area contributed by atoms with Gasteiger partial charge in [-0.2, -0.15) is 16.9 Å². The molecule has 0 aromatic carbocycles. The average Bonchev–Trinajstić information content (AvgIpc) is 2.65. The minimum atomic E-state index is 0.566. The van der Waals surface area contributed by atoms with Crippen LogP contribution in [0.4, 0.5) is 5.82 Å². The molecule has 0 aliphatic heterocycles. The summed E-state index contributed by atoms with van der Waals surface area (Å²) < 4.78 is 0. The van der Waals surface area contributed by atoms with Gasteiger partial charge >= 0.3 is 0 Å². The van der Waals surface area contributed by atoms with E-state index in [4.69, 9.17) is 0 Å². The molecule has 0 saturated heterocycles. The summed E-state index contributed by atoms with van der Waals surface area (Å²) in [7, 11) is 0. The van der Waals surface area contributed by atoms with E-state index in [1.165, 1.54) is 19.3 Å². The third kappa shape index (κ3) is 2.62. The molecule has 15 heavy (non-hydrogen) atoms. The number of aryl methyl sites for hydroxylation is 1. The van der Waals surface area contributed by atoms with Crippen molar-refractivity contribution in [1.29, 1.82) is 0 Å². The minimum absolute atomic E-state index is 0.566. The van der Waals surface area contributed by atoms with E-state index in [0.29, 0.717) is 6.04 Å². The molecule has 0 radical (unpaired) electrons. The minimum Gasteiger partial charge on any atom is -0.365 e. The van der Waals surface area contributed by atoms with E-state index in [1.807, 2.05) is 18.7 Å². The van der Waals surface area contributed by atoms with Crippen LogP contribution in [0.3, 0.4) is 0 Å². The Kier molecular flexibility index (Phi) is 3.46. The van der Waals surface area contributed by atoms with Gasteiger partial charge in [-0.15, -0.1) is 5.10 Å². The quantitative estimate of drug-likeness (QED) is 0.854. The molecule has 3 nitrogen and oxygen atoms in total. The summed E-state index contributed by atoms with van der Waals surface area (Å²) in [4.78, 5) is 0. The lowest BCUT2D eigenvalue weighted by molar-refractivity contribution is 0.758. The van der Waals surface area contributed by atoms with Gasteiger partial charge in [-0.25, -0.2) is 0 Å². The molecular formula is C11H17N3S. The molecule has 2 atom stereocenters. The number of rotatable bonds is 3. The lowest BCUT2D eigenvalue weighted by Crippen LogP contribution is -2.26. The molecule has 1 heterocycles. The Morgan fingerprint density at radius 1 is 1.47 bits per heavy atom. The summed E-state index contributed by atoms with van der Waals surface area (Å²) in [5.74, 6) is 0.918. The first-order valence-electron chi connectivity index (χ1n) is 5.38. The largest absolute Gasteiger partial charge is 0.365 e. The van der Waals surface area contributed by atoms with Gasteiger partial charge in [0.2, 0.25) is 0 Å². The lowest BCUT2D eigenvalue weighted by Gasteiger charge is -2.19. The van der Waals surface area contributed by atoms with Gasteiger partial charge in [0.15, 0.2) is 0 Å². The second-order valence-electron chi connectivity index (χ2n) is 4.07. The summed E-state index contributed by atoms with van der Waals surface area (Å²) in [5.41, 5.74) is 1.16. The monoisotopic (exact) mass is 223 g/mol.